The summed E-state index contributed by atoms with van der Waals surface area (Å²) in [6.45, 7) is 2.73. The molecule has 1 heterocycles. The number of hydrazone groups is 1. The molecule has 3 rings (SSSR count). The smallest absolute Gasteiger partial charge is 0.270 e. The van der Waals surface area contributed by atoms with E-state index in [4.69, 9.17) is 4.74 Å². The van der Waals surface area contributed by atoms with Crippen molar-refractivity contribution in [2.75, 3.05) is 12.0 Å². The Labute approximate surface area is 182 Å². The summed E-state index contributed by atoms with van der Waals surface area (Å²) in [5.74, 6) is 0.848. The average Bonchev–Trinajstić information content (AvgIpc) is 2.75. The van der Waals surface area contributed by atoms with Crippen LogP contribution in [0.5, 0.6) is 5.75 Å². The van der Waals surface area contributed by atoms with Crippen LogP contribution < -0.4 is 15.7 Å². The molecule has 2 N–H and O–H groups in total. The molecule has 2 aromatic carbocycles. The lowest BCUT2D eigenvalue weighted by Gasteiger charge is -2.09. The highest BCUT2D eigenvalue weighted by atomic mass is 79.9. The van der Waals surface area contributed by atoms with Gasteiger partial charge < -0.3 is 4.74 Å². The van der Waals surface area contributed by atoms with Crippen LogP contribution in [0, 0.1) is 11.3 Å². The molecule has 0 aliphatic rings. The molecule has 0 unspecified atom stereocenters. The summed E-state index contributed by atoms with van der Waals surface area (Å²) >= 11 is 3.45. The zero-order valence-corrected chi connectivity index (χ0v) is 17.9. The summed E-state index contributed by atoms with van der Waals surface area (Å²) in [7, 11) is 0. The Bertz CT molecular complexity index is 1140. The number of halogens is 1. The molecule has 0 atom stereocenters. The monoisotopic (exact) mass is 465 g/mol. The predicted octanol–water partition coefficient (Wildman–Crippen LogP) is 4.70. The summed E-state index contributed by atoms with van der Waals surface area (Å²) in [5, 5.41) is 13.5. The minimum atomic E-state index is -0.532. The van der Waals surface area contributed by atoms with Crippen LogP contribution >= 0.6 is 15.9 Å². The van der Waals surface area contributed by atoms with Crippen LogP contribution in [0.2, 0.25) is 0 Å². The number of benzene rings is 2. The van der Waals surface area contributed by atoms with E-state index < -0.39 is 5.56 Å². The van der Waals surface area contributed by atoms with Gasteiger partial charge in [-0.3, -0.25) is 9.78 Å². The number of nitriles is 1. The molecule has 7 nitrogen and oxygen atoms in total. The highest BCUT2D eigenvalue weighted by Gasteiger charge is 2.13. The first-order chi connectivity index (χ1) is 14.6. The van der Waals surface area contributed by atoms with Gasteiger partial charge in [-0.05, 0) is 24.6 Å². The fourth-order valence-electron chi connectivity index (χ4n) is 2.68. The van der Waals surface area contributed by atoms with Crippen molar-refractivity contribution in [2.45, 2.75) is 19.8 Å². The number of hydrogen-bond acceptors (Lipinski definition) is 6. The van der Waals surface area contributed by atoms with Gasteiger partial charge in [-0.25, -0.2) is 10.4 Å². The maximum absolute atomic E-state index is 12.3. The molecule has 0 saturated heterocycles. The number of unbranched alkanes of at least 4 members (excludes halogenated alkanes) is 1. The van der Waals surface area contributed by atoms with Gasteiger partial charge >= 0.3 is 0 Å². The standard InChI is InChI=1S/C22H20BrN5O2/c1-2-3-11-30-19-10-9-17(23)12-16(19)14-25-28-22-26-20(15-7-5-4-6-8-15)18(13-24)21(29)27-22/h4-10,12,14H,2-3,11H2,1H3,(H2,26,27,28,29). The third-order valence-electron chi connectivity index (χ3n) is 4.18. The molecule has 30 heavy (non-hydrogen) atoms. The van der Waals surface area contributed by atoms with E-state index in [9.17, 15) is 10.1 Å². The second-order valence-corrected chi connectivity index (χ2v) is 7.29. The van der Waals surface area contributed by atoms with E-state index in [1.807, 2.05) is 42.5 Å². The van der Waals surface area contributed by atoms with Crippen molar-refractivity contribution in [2.24, 2.45) is 5.10 Å². The Morgan fingerprint density at radius 3 is 2.83 bits per heavy atom. The number of nitrogens with one attached hydrogen (secondary N) is 2. The third-order valence-corrected chi connectivity index (χ3v) is 4.67. The summed E-state index contributed by atoms with van der Waals surface area (Å²) in [5.41, 5.74) is 3.89. The molecule has 0 amide bonds. The number of H-pyrrole nitrogens is 1. The van der Waals surface area contributed by atoms with Crippen molar-refractivity contribution >= 4 is 28.1 Å². The number of ether oxygens (including phenoxy) is 1. The van der Waals surface area contributed by atoms with Crippen molar-refractivity contribution in [3.63, 3.8) is 0 Å². The molecule has 0 saturated carbocycles. The number of aromatic amines is 1. The maximum atomic E-state index is 12.3. The van der Waals surface area contributed by atoms with E-state index in [-0.39, 0.29) is 11.5 Å². The highest BCUT2D eigenvalue weighted by molar-refractivity contribution is 9.10. The van der Waals surface area contributed by atoms with Crippen LogP contribution in [0.1, 0.15) is 30.9 Å². The molecule has 8 heteroatoms. The Kier molecular flexibility index (Phi) is 7.35. The topological polar surface area (TPSA) is 103 Å². The number of nitrogens with zero attached hydrogens (tertiary/aromatic N) is 3. The van der Waals surface area contributed by atoms with E-state index >= 15 is 0 Å². The second-order valence-electron chi connectivity index (χ2n) is 6.37. The highest BCUT2D eigenvalue weighted by Crippen LogP contribution is 2.22. The number of aromatic nitrogens is 2. The van der Waals surface area contributed by atoms with Gasteiger partial charge in [-0.1, -0.05) is 59.6 Å². The fourth-order valence-corrected chi connectivity index (χ4v) is 3.05. The van der Waals surface area contributed by atoms with E-state index in [1.165, 1.54) is 0 Å². The summed E-state index contributed by atoms with van der Waals surface area (Å²) in [6, 6.07) is 16.6. The van der Waals surface area contributed by atoms with E-state index in [0.29, 0.717) is 23.6 Å². The zero-order chi connectivity index (χ0) is 21.3. The Hall–Kier alpha value is -3.44. The zero-order valence-electron chi connectivity index (χ0n) is 16.4. The van der Waals surface area contributed by atoms with Gasteiger partial charge in [0.1, 0.15) is 17.4 Å². The molecule has 1 aromatic heterocycles. The molecule has 3 aromatic rings. The van der Waals surface area contributed by atoms with Crippen molar-refractivity contribution < 1.29 is 4.74 Å². The van der Waals surface area contributed by atoms with Crippen LogP contribution in [-0.2, 0) is 0 Å². The first-order valence-corrected chi connectivity index (χ1v) is 10.2. The molecule has 0 aliphatic heterocycles. The van der Waals surface area contributed by atoms with Gasteiger partial charge in [0.25, 0.3) is 5.56 Å². The van der Waals surface area contributed by atoms with Gasteiger partial charge in [-0.15, -0.1) is 0 Å². The van der Waals surface area contributed by atoms with E-state index in [2.05, 4.69) is 43.3 Å². The normalized spacial score (nSPS) is 10.7. The fraction of sp³-hybridized carbons (Fsp3) is 0.182. The van der Waals surface area contributed by atoms with Crippen LogP contribution in [0.3, 0.4) is 0 Å². The van der Waals surface area contributed by atoms with Crippen LogP contribution in [0.4, 0.5) is 5.95 Å². The van der Waals surface area contributed by atoms with Crippen molar-refractivity contribution in [3.05, 3.63) is 74.5 Å². The molecular weight excluding hydrogens is 446 g/mol. The summed E-state index contributed by atoms with van der Waals surface area (Å²) in [4.78, 5) is 19.2. The summed E-state index contributed by atoms with van der Waals surface area (Å²) < 4.78 is 6.70. The Morgan fingerprint density at radius 1 is 1.30 bits per heavy atom. The number of hydrogen-bond donors (Lipinski definition) is 2. The molecule has 0 aliphatic carbocycles. The lowest BCUT2D eigenvalue weighted by atomic mass is 10.1. The second kappa shape index (κ2) is 10.4. The molecular formula is C22H20BrN5O2. The third kappa shape index (κ3) is 5.33. The molecule has 0 spiro atoms. The van der Waals surface area contributed by atoms with Crippen molar-refractivity contribution in [1.82, 2.24) is 9.97 Å². The first kappa shape index (κ1) is 21.3. The number of anilines is 1. The minimum absolute atomic E-state index is 0.0469. The lowest BCUT2D eigenvalue weighted by molar-refractivity contribution is 0.309. The van der Waals surface area contributed by atoms with Crippen LogP contribution in [0.15, 0.2) is 62.9 Å². The van der Waals surface area contributed by atoms with Crippen molar-refractivity contribution in [1.29, 1.82) is 5.26 Å². The predicted molar refractivity (Wildman–Crippen MR) is 121 cm³/mol. The minimum Gasteiger partial charge on any atom is -0.493 e. The van der Waals surface area contributed by atoms with Crippen molar-refractivity contribution in [3.8, 4) is 23.1 Å². The quantitative estimate of drug-likeness (QED) is 0.285. The Morgan fingerprint density at radius 2 is 2.10 bits per heavy atom. The van der Waals surface area contributed by atoms with Gasteiger partial charge in [0.15, 0.2) is 0 Å². The van der Waals surface area contributed by atoms with Gasteiger partial charge in [-0.2, -0.15) is 10.4 Å². The van der Waals surface area contributed by atoms with Gasteiger partial charge in [0.05, 0.1) is 18.5 Å². The van der Waals surface area contributed by atoms with Crippen LogP contribution in [-0.4, -0.2) is 22.8 Å². The van der Waals surface area contributed by atoms with E-state index in [0.717, 1.165) is 22.9 Å². The van der Waals surface area contributed by atoms with E-state index in [1.54, 1.807) is 18.3 Å². The SMILES string of the molecule is CCCCOc1ccc(Br)cc1C=NNc1nc(-c2ccccc2)c(C#N)c(=O)[nH]1. The lowest BCUT2D eigenvalue weighted by Crippen LogP contribution is -2.16. The van der Waals surface area contributed by atoms with Gasteiger partial charge in [0.2, 0.25) is 5.95 Å². The maximum Gasteiger partial charge on any atom is 0.270 e. The van der Waals surface area contributed by atoms with Crippen LogP contribution in [0.25, 0.3) is 11.3 Å². The number of rotatable bonds is 8. The Balaban J connectivity index is 1.85. The summed E-state index contributed by atoms with van der Waals surface area (Å²) in [6.07, 6.45) is 3.60. The largest absolute Gasteiger partial charge is 0.493 e. The molecule has 0 fully saturated rings. The molecule has 0 bridgehead atoms. The molecule has 152 valence electrons. The first-order valence-electron chi connectivity index (χ1n) is 9.43. The molecule has 0 radical (unpaired) electrons. The van der Waals surface area contributed by atoms with Gasteiger partial charge in [0, 0.05) is 15.6 Å². The average molecular weight is 466 g/mol.